The molecule has 3 aromatic rings. The average Bonchev–Trinajstić information content (AvgIpc) is 3.17. The van der Waals surface area contributed by atoms with Crippen molar-refractivity contribution in [2.24, 2.45) is 0 Å². The Morgan fingerprint density at radius 1 is 1.14 bits per heavy atom. The second-order valence-electron chi connectivity index (χ2n) is 5.89. The van der Waals surface area contributed by atoms with Crippen molar-refractivity contribution >= 4 is 11.0 Å². The maximum Gasteiger partial charge on any atom is 0.0931 e. The average molecular weight is 277 g/mol. The molecule has 1 unspecified atom stereocenters. The third kappa shape index (κ3) is 2.57. The van der Waals surface area contributed by atoms with Crippen molar-refractivity contribution in [1.29, 1.82) is 0 Å². The lowest BCUT2D eigenvalue weighted by atomic mass is 9.99. The molecule has 1 aliphatic rings. The van der Waals surface area contributed by atoms with Gasteiger partial charge in [-0.1, -0.05) is 36.4 Å². The molecule has 3 nitrogen and oxygen atoms in total. The van der Waals surface area contributed by atoms with Crippen LogP contribution in [0, 0.1) is 0 Å². The molecule has 2 heterocycles. The van der Waals surface area contributed by atoms with Gasteiger partial charge in [0.15, 0.2) is 0 Å². The fraction of sp³-hybridized carbons (Fsp3) is 0.278. The highest BCUT2D eigenvalue weighted by Gasteiger charge is 2.23. The molecule has 1 atom stereocenters. The maximum absolute atomic E-state index is 4.27. The van der Waals surface area contributed by atoms with Crippen molar-refractivity contribution < 1.29 is 0 Å². The number of nitrogens with zero attached hydrogens (tertiary/aromatic N) is 2. The highest BCUT2D eigenvalue weighted by atomic mass is 15.1. The van der Waals surface area contributed by atoms with Gasteiger partial charge in [0.1, 0.15) is 0 Å². The summed E-state index contributed by atoms with van der Waals surface area (Å²) in [4.78, 5) is 10.0. The normalized spacial score (nSPS) is 19.3. The van der Waals surface area contributed by atoms with E-state index < -0.39 is 0 Å². The topological polar surface area (TPSA) is 31.9 Å². The van der Waals surface area contributed by atoms with Gasteiger partial charge >= 0.3 is 0 Å². The van der Waals surface area contributed by atoms with Gasteiger partial charge in [-0.05, 0) is 42.1 Å². The van der Waals surface area contributed by atoms with Crippen molar-refractivity contribution in [3.8, 4) is 0 Å². The lowest BCUT2D eigenvalue weighted by molar-refractivity contribution is 0.327. The molecule has 4 rings (SSSR count). The molecule has 0 aliphatic carbocycles. The number of benzene rings is 2. The molecule has 0 bridgehead atoms. The first-order valence-electron chi connectivity index (χ1n) is 7.58. The molecule has 3 heteroatoms. The van der Waals surface area contributed by atoms with E-state index >= 15 is 0 Å². The standard InChI is InChI=1S/C18H19N3/c1-2-4-15(5-3-1)16-8-9-21(12-16)11-14-6-7-17-18(10-14)20-13-19-17/h1-7,10,13,16H,8-9,11-12H2,(H,19,20). The van der Waals surface area contributed by atoms with E-state index in [9.17, 15) is 0 Å². The van der Waals surface area contributed by atoms with Crippen molar-refractivity contribution in [2.75, 3.05) is 13.1 Å². The maximum atomic E-state index is 4.27. The summed E-state index contributed by atoms with van der Waals surface area (Å²) in [5.74, 6) is 0.682. The van der Waals surface area contributed by atoms with Gasteiger partial charge in [0.05, 0.1) is 17.4 Å². The molecule has 0 amide bonds. The van der Waals surface area contributed by atoms with Gasteiger partial charge in [0.2, 0.25) is 0 Å². The second-order valence-corrected chi connectivity index (χ2v) is 5.89. The van der Waals surface area contributed by atoms with Gasteiger partial charge in [-0.3, -0.25) is 4.90 Å². The van der Waals surface area contributed by atoms with E-state index in [0.29, 0.717) is 5.92 Å². The van der Waals surface area contributed by atoms with Crippen LogP contribution in [0.3, 0.4) is 0 Å². The predicted octanol–water partition coefficient (Wildman–Crippen LogP) is 3.55. The zero-order chi connectivity index (χ0) is 14.1. The molecule has 106 valence electrons. The number of imidazole rings is 1. The largest absolute Gasteiger partial charge is 0.345 e. The minimum Gasteiger partial charge on any atom is -0.345 e. The monoisotopic (exact) mass is 277 g/mol. The summed E-state index contributed by atoms with van der Waals surface area (Å²) in [5, 5.41) is 0. The quantitative estimate of drug-likeness (QED) is 0.794. The third-order valence-corrected chi connectivity index (χ3v) is 4.43. The number of hydrogen-bond acceptors (Lipinski definition) is 2. The molecule has 1 N–H and O–H groups in total. The van der Waals surface area contributed by atoms with Gasteiger partial charge in [-0.25, -0.2) is 4.98 Å². The Labute approximate surface area is 124 Å². The molecule has 21 heavy (non-hydrogen) atoms. The van der Waals surface area contributed by atoms with Crippen LogP contribution in [-0.2, 0) is 6.54 Å². The highest BCUT2D eigenvalue weighted by Crippen LogP contribution is 2.28. The fourth-order valence-corrected chi connectivity index (χ4v) is 3.31. The van der Waals surface area contributed by atoms with Crippen LogP contribution in [0.1, 0.15) is 23.5 Å². The number of nitrogens with one attached hydrogen (secondary N) is 1. The Morgan fingerprint density at radius 3 is 2.95 bits per heavy atom. The predicted molar refractivity (Wildman–Crippen MR) is 85.2 cm³/mol. The Morgan fingerprint density at radius 2 is 2.05 bits per heavy atom. The Hall–Kier alpha value is -2.13. The van der Waals surface area contributed by atoms with E-state index in [-0.39, 0.29) is 0 Å². The Kier molecular flexibility index (Phi) is 3.20. The van der Waals surface area contributed by atoms with Gasteiger partial charge in [-0.15, -0.1) is 0 Å². The van der Waals surface area contributed by atoms with Crippen LogP contribution in [0.15, 0.2) is 54.9 Å². The molecule has 0 saturated carbocycles. The van der Waals surface area contributed by atoms with E-state index in [1.165, 1.54) is 24.1 Å². The number of aromatic nitrogens is 2. The molecular weight excluding hydrogens is 258 g/mol. The van der Waals surface area contributed by atoms with E-state index in [2.05, 4.69) is 63.4 Å². The second kappa shape index (κ2) is 5.34. The molecule has 1 saturated heterocycles. The van der Waals surface area contributed by atoms with E-state index in [1.54, 1.807) is 6.33 Å². The molecule has 0 radical (unpaired) electrons. The first-order chi connectivity index (χ1) is 10.4. The lowest BCUT2D eigenvalue weighted by Gasteiger charge is -2.16. The van der Waals surface area contributed by atoms with E-state index in [1.807, 2.05) is 0 Å². The fourth-order valence-electron chi connectivity index (χ4n) is 3.31. The van der Waals surface area contributed by atoms with Crippen LogP contribution in [-0.4, -0.2) is 28.0 Å². The zero-order valence-electron chi connectivity index (χ0n) is 12.0. The van der Waals surface area contributed by atoms with Gasteiger partial charge in [0, 0.05) is 13.1 Å². The Bertz CT molecular complexity index is 732. The Balaban J connectivity index is 1.46. The molecule has 2 aromatic carbocycles. The first-order valence-corrected chi connectivity index (χ1v) is 7.58. The van der Waals surface area contributed by atoms with Crippen molar-refractivity contribution in [3.05, 3.63) is 66.0 Å². The smallest absolute Gasteiger partial charge is 0.0931 e. The van der Waals surface area contributed by atoms with E-state index in [4.69, 9.17) is 0 Å². The minimum absolute atomic E-state index is 0.682. The lowest BCUT2D eigenvalue weighted by Crippen LogP contribution is -2.19. The number of rotatable bonds is 3. The molecule has 1 aromatic heterocycles. The summed E-state index contributed by atoms with van der Waals surface area (Å²) >= 11 is 0. The van der Waals surface area contributed by atoms with Crippen molar-refractivity contribution in [1.82, 2.24) is 14.9 Å². The number of fused-ring (bicyclic) bond motifs is 1. The van der Waals surface area contributed by atoms with Crippen LogP contribution in [0.25, 0.3) is 11.0 Å². The highest BCUT2D eigenvalue weighted by molar-refractivity contribution is 5.74. The summed E-state index contributed by atoms with van der Waals surface area (Å²) in [6, 6.07) is 17.4. The van der Waals surface area contributed by atoms with Crippen molar-refractivity contribution in [3.63, 3.8) is 0 Å². The summed E-state index contributed by atoms with van der Waals surface area (Å²) in [6.45, 7) is 3.36. The number of aromatic amines is 1. The molecule has 1 fully saturated rings. The van der Waals surface area contributed by atoms with Crippen LogP contribution in [0.2, 0.25) is 0 Å². The van der Waals surface area contributed by atoms with Gasteiger partial charge < -0.3 is 4.98 Å². The summed E-state index contributed by atoms with van der Waals surface area (Å²) in [7, 11) is 0. The number of hydrogen-bond donors (Lipinski definition) is 1. The minimum atomic E-state index is 0.682. The zero-order valence-corrected chi connectivity index (χ0v) is 12.0. The van der Waals surface area contributed by atoms with Crippen LogP contribution in [0.4, 0.5) is 0 Å². The van der Waals surface area contributed by atoms with Gasteiger partial charge in [0.25, 0.3) is 0 Å². The van der Waals surface area contributed by atoms with Crippen LogP contribution in [0.5, 0.6) is 0 Å². The van der Waals surface area contributed by atoms with Crippen LogP contribution < -0.4 is 0 Å². The molecule has 1 aliphatic heterocycles. The summed E-state index contributed by atoms with van der Waals surface area (Å²) < 4.78 is 0. The van der Waals surface area contributed by atoms with Crippen molar-refractivity contribution in [2.45, 2.75) is 18.9 Å². The number of H-pyrrole nitrogens is 1. The third-order valence-electron chi connectivity index (χ3n) is 4.43. The summed E-state index contributed by atoms with van der Waals surface area (Å²) in [6.07, 6.45) is 3.02. The molecule has 0 spiro atoms. The molecular formula is C18H19N3. The summed E-state index contributed by atoms with van der Waals surface area (Å²) in [5.41, 5.74) is 5.01. The van der Waals surface area contributed by atoms with Crippen LogP contribution >= 0.6 is 0 Å². The number of likely N-dealkylation sites (tertiary alicyclic amines) is 1. The SMILES string of the molecule is c1ccc(C2CCN(Cc3ccc4nc[nH]c4c3)C2)cc1. The van der Waals surface area contributed by atoms with Gasteiger partial charge in [-0.2, -0.15) is 0 Å². The first kappa shape index (κ1) is 12.6. The van der Waals surface area contributed by atoms with E-state index in [0.717, 1.165) is 24.1 Å².